The molecule has 0 aliphatic rings. The van der Waals surface area contributed by atoms with Gasteiger partial charge in [-0.25, -0.2) is 22.0 Å². The van der Waals surface area contributed by atoms with Crippen molar-refractivity contribution >= 4 is 25.9 Å². The fraction of sp³-hybridized carbons (Fsp3) is 0.111. The summed E-state index contributed by atoms with van der Waals surface area (Å²) in [6, 6.07) is 2.13. The van der Waals surface area contributed by atoms with E-state index >= 15 is 0 Å². The maximum atomic E-state index is 12.5. The molecule has 0 fully saturated rings. The van der Waals surface area contributed by atoms with Crippen LogP contribution in [0.25, 0.3) is 6.08 Å². The van der Waals surface area contributed by atoms with Gasteiger partial charge in [-0.2, -0.15) is 13.2 Å². The van der Waals surface area contributed by atoms with Crippen LogP contribution in [0.5, 0.6) is 0 Å². The number of rotatable bonds is 3. The minimum absolute atomic E-state index is 0.356. The second kappa shape index (κ2) is 4.62. The van der Waals surface area contributed by atoms with Crippen molar-refractivity contribution in [2.24, 2.45) is 5.14 Å². The van der Waals surface area contributed by atoms with Gasteiger partial charge in [-0.15, -0.1) is 0 Å². The minimum Gasteiger partial charge on any atom is -0.225 e. The Kier molecular flexibility index (Phi) is 3.81. The fourth-order valence-corrected chi connectivity index (χ4v) is 2.83. The highest BCUT2D eigenvalue weighted by atomic mass is 32.2. The van der Waals surface area contributed by atoms with E-state index in [0.717, 1.165) is 18.2 Å². The van der Waals surface area contributed by atoms with Gasteiger partial charge in [0.2, 0.25) is 10.0 Å². The smallest absolute Gasteiger partial charge is 0.225 e. The van der Waals surface area contributed by atoms with E-state index in [1.54, 1.807) is 0 Å². The topological polar surface area (TPSA) is 94.3 Å². The molecular formula is C9H8F3NO4S2. The molecule has 0 bridgehead atoms. The molecule has 0 unspecified atom stereocenters. The lowest BCUT2D eigenvalue weighted by Crippen LogP contribution is -2.24. The predicted molar refractivity (Wildman–Crippen MR) is 61.1 cm³/mol. The number of primary sulfonamides is 1. The molecule has 2 N–H and O–H groups in total. The molecule has 106 valence electrons. The van der Waals surface area contributed by atoms with E-state index in [1.807, 2.05) is 0 Å². The predicted octanol–water partition coefficient (Wildman–Crippen LogP) is 1.27. The van der Waals surface area contributed by atoms with Crippen LogP contribution in [0, 0.1) is 0 Å². The standard InChI is InChI=1S/C9H8F3NO4S2/c1-2-6-3-4-7(19(13,16)17)5-8(6)18(14,15)9(10,11)12/h2-5H,1H2,(H2,13,16,17). The lowest BCUT2D eigenvalue weighted by atomic mass is 10.2. The Morgan fingerprint density at radius 3 is 2.05 bits per heavy atom. The van der Waals surface area contributed by atoms with Crippen LogP contribution in [-0.2, 0) is 19.9 Å². The maximum Gasteiger partial charge on any atom is 0.501 e. The molecule has 0 aromatic heterocycles. The van der Waals surface area contributed by atoms with Crippen LogP contribution in [0.3, 0.4) is 0 Å². The molecule has 5 nitrogen and oxygen atoms in total. The minimum atomic E-state index is -5.69. The lowest BCUT2D eigenvalue weighted by Gasteiger charge is -2.11. The summed E-state index contributed by atoms with van der Waals surface area (Å²) in [6.45, 7) is 3.17. The van der Waals surface area contributed by atoms with Crippen molar-refractivity contribution in [3.63, 3.8) is 0 Å². The van der Waals surface area contributed by atoms with Crippen molar-refractivity contribution < 1.29 is 30.0 Å². The number of nitrogens with two attached hydrogens (primary N) is 1. The molecule has 0 atom stereocenters. The van der Waals surface area contributed by atoms with Gasteiger partial charge in [0.15, 0.2) is 0 Å². The Balaban J connectivity index is 3.73. The summed E-state index contributed by atoms with van der Waals surface area (Å²) >= 11 is 0. The van der Waals surface area contributed by atoms with Crippen molar-refractivity contribution in [3.8, 4) is 0 Å². The van der Waals surface area contributed by atoms with Crippen molar-refractivity contribution in [1.82, 2.24) is 0 Å². The van der Waals surface area contributed by atoms with Crippen molar-refractivity contribution in [2.75, 3.05) is 0 Å². The van der Waals surface area contributed by atoms with Crippen LogP contribution in [0.2, 0.25) is 0 Å². The second-order valence-electron chi connectivity index (χ2n) is 3.40. The largest absolute Gasteiger partial charge is 0.501 e. The van der Waals surface area contributed by atoms with Crippen LogP contribution in [0.1, 0.15) is 5.56 Å². The fourth-order valence-electron chi connectivity index (χ4n) is 1.22. The second-order valence-corrected chi connectivity index (χ2v) is 6.87. The Morgan fingerprint density at radius 2 is 1.68 bits per heavy atom. The normalized spacial score (nSPS) is 13.3. The van der Waals surface area contributed by atoms with Gasteiger partial charge in [-0.1, -0.05) is 18.7 Å². The first-order valence-corrected chi connectivity index (χ1v) is 7.55. The van der Waals surface area contributed by atoms with Gasteiger partial charge < -0.3 is 0 Å². The number of sulfonamides is 1. The van der Waals surface area contributed by atoms with Gasteiger partial charge in [0.1, 0.15) is 0 Å². The van der Waals surface area contributed by atoms with Gasteiger partial charge in [0.25, 0.3) is 9.84 Å². The molecule has 1 aromatic rings. The monoisotopic (exact) mass is 315 g/mol. The SMILES string of the molecule is C=Cc1ccc(S(N)(=O)=O)cc1S(=O)(=O)C(F)(F)F. The van der Waals surface area contributed by atoms with Crippen LogP contribution in [-0.4, -0.2) is 22.3 Å². The van der Waals surface area contributed by atoms with Crippen molar-refractivity contribution in [3.05, 3.63) is 30.3 Å². The van der Waals surface area contributed by atoms with Crippen LogP contribution in [0.4, 0.5) is 13.2 Å². The van der Waals surface area contributed by atoms with E-state index in [4.69, 9.17) is 5.14 Å². The molecule has 0 heterocycles. The van der Waals surface area contributed by atoms with Gasteiger partial charge >= 0.3 is 5.51 Å². The van der Waals surface area contributed by atoms with E-state index in [0.29, 0.717) is 6.07 Å². The Bertz CT molecular complexity index is 720. The van der Waals surface area contributed by atoms with Gasteiger partial charge in [-0.3, -0.25) is 0 Å². The molecule has 10 heteroatoms. The van der Waals surface area contributed by atoms with Crippen molar-refractivity contribution in [2.45, 2.75) is 15.3 Å². The Hall–Kier alpha value is -1.39. The van der Waals surface area contributed by atoms with Crippen molar-refractivity contribution in [1.29, 1.82) is 0 Å². The summed E-state index contributed by atoms with van der Waals surface area (Å²) in [4.78, 5) is -1.94. The molecule has 0 aliphatic heterocycles. The molecule has 19 heavy (non-hydrogen) atoms. The van der Waals surface area contributed by atoms with Crippen LogP contribution >= 0.6 is 0 Å². The Labute approximate surface area is 107 Å². The van der Waals surface area contributed by atoms with Gasteiger partial charge in [-0.05, 0) is 17.7 Å². The quantitative estimate of drug-likeness (QED) is 0.909. The molecule has 0 amide bonds. The summed E-state index contributed by atoms with van der Waals surface area (Å²) in [5, 5.41) is 4.74. The number of hydrogen-bond acceptors (Lipinski definition) is 4. The number of alkyl halides is 3. The third-order valence-corrected chi connectivity index (χ3v) is 4.58. The molecule has 0 saturated heterocycles. The highest BCUT2D eigenvalue weighted by Gasteiger charge is 2.47. The average Bonchev–Trinajstić information content (AvgIpc) is 2.25. The molecular weight excluding hydrogens is 307 g/mol. The first-order chi connectivity index (χ1) is 8.41. The summed E-state index contributed by atoms with van der Waals surface area (Å²) < 4.78 is 82.1. The van der Waals surface area contributed by atoms with E-state index in [9.17, 15) is 30.0 Å². The van der Waals surface area contributed by atoms with Crippen LogP contribution in [0.15, 0.2) is 34.6 Å². The van der Waals surface area contributed by atoms with E-state index in [-0.39, 0.29) is 5.56 Å². The average molecular weight is 315 g/mol. The summed E-state index contributed by atoms with van der Waals surface area (Å²) in [7, 11) is -10.0. The molecule has 0 radical (unpaired) electrons. The number of halogens is 3. The van der Waals surface area contributed by atoms with E-state index < -0.39 is 35.2 Å². The number of benzene rings is 1. The number of sulfone groups is 1. The summed E-state index contributed by atoms with van der Waals surface area (Å²) in [5.41, 5.74) is -5.92. The molecule has 0 saturated carbocycles. The summed E-state index contributed by atoms with van der Waals surface area (Å²) in [5.74, 6) is 0. The first kappa shape index (κ1) is 15.7. The zero-order chi connectivity index (χ0) is 15.1. The number of hydrogen-bond donors (Lipinski definition) is 1. The highest BCUT2D eigenvalue weighted by molar-refractivity contribution is 7.92. The van der Waals surface area contributed by atoms with Gasteiger partial charge in [0, 0.05) is 0 Å². The maximum absolute atomic E-state index is 12.5. The first-order valence-electron chi connectivity index (χ1n) is 4.52. The molecule has 1 rings (SSSR count). The molecule has 0 aliphatic carbocycles. The third-order valence-electron chi connectivity index (χ3n) is 2.13. The highest BCUT2D eigenvalue weighted by Crippen LogP contribution is 2.33. The Morgan fingerprint density at radius 1 is 1.16 bits per heavy atom. The molecule has 1 aromatic carbocycles. The van der Waals surface area contributed by atoms with Crippen LogP contribution < -0.4 is 5.14 Å². The van der Waals surface area contributed by atoms with Gasteiger partial charge in [0.05, 0.1) is 9.79 Å². The zero-order valence-corrected chi connectivity index (χ0v) is 10.8. The van der Waals surface area contributed by atoms with E-state index in [2.05, 4.69) is 6.58 Å². The molecule has 0 spiro atoms. The van der Waals surface area contributed by atoms with E-state index in [1.165, 1.54) is 0 Å². The third kappa shape index (κ3) is 2.96. The summed E-state index contributed by atoms with van der Waals surface area (Å²) in [6.07, 6.45) is 0.867. The zero-order valence-electron chi connectivity index (χ0n) is 9.18. The lowest BCUT2D eigenvalue weighted by molar-refractivity contribution is -0.0436.